The van der Waals surface area contributed by atoms with E-state index in [4.69, 9.17) is 9.84 Å². The molecule has 1 amide bonds. The SMILES string of the molecule is COc1ccc(C(F)(F)F)cc1NC(=O)c1ccc(C)c(-n2cnc(C(=O)O)c2)c1. The lowest BCUT2D eigenvalue weighted by Crippen LogP contribution is -2.15. The highest BCUT2D eigenvalue weighted by Gasteiger charge is 2.31. The minimum atomic E-state index is -4.58. The number of halogens is 3. The van der Waals surface area contributed by atoms with Crippen molar-refractivity contribution >= 4 is 17.6 Å². The third-order valence-electron chi connectivity index (χ3n) is 4.33. The minimum Gasteiger partial charge on any atom is -0.495 e. The van der Waals surface area contributed by atoms with Gasteiger partial charge in [0.15, 0.2) is 5.69 Å². The number of hydrogen-bond donors (Lipinski definition) is 2. The van der Waals surface area contributed by atoms with E-state index in [1.54, 1.807) is 13.0 Å². The van der Waals surface area contributed by atoms with Gasteiger partial charge in [-0.25, -0.2) is 9.78 Å². The molecule has 10 heteroatoms. The number of methoxy groups -OCH3 is 1. The van der Waals surface area contributed by atoms with Crippen molar-refractivity contribution in [3.05, 3.63) is 71.3 Å². The van der Waals surface area contributed by atoms with Crippen LogP contribution >= 0.6 is 0 Å². The van der Waals surface area contributed by atoms with Crippen LogP contribution in [0.2, 0.25) is 0 Å². The molecule has 0 saturated heterocycles. The van der Waals surface area contributed by atoms with Gasteiger partial charge in [0.2, 0.25) is 0 Å². The maximum Gasteiger partial charge on any atom is 0.416 e. The number of benzene rings is 2. The molecule has 0 unspecified atom stereocenters. The number of nitrogens with zero attached hydrogens (tertiary/aromatic N) is 2. The Bertz CT molecular complexity index is 1120. The van der Waals surface area contributed by atoms with Crippen molar-refractivity contribution in [2.75, 3.05) is 12.4 Å². The van der Waals surface area contributed by atoms with E-state index in [0.717, 1.165) is 23.8 Å². The fourth-order valence-corrected chi connectivity index (χ4v) is 2.77. The standard InChI is InChI=1S/C20H16F3N3O4/c1-11-3-4-12(7-16(11)26-9-15(19(28)29)24-10-26)18(27)25-14-8-13(20(21,22)23)5-6-17(14)30-2/h3-10H,1-2H3,(H,25,27)(H,28,29). The summed E-state index contributed by atoms with van der Waals surface area (Å²) in [5.74, 6) is -1.78. The molecule has 1 aromatic heterocycles. The number of imidazole rings is 1. The summed E-state index contributed by atoms with van der Waals surface area (Å²) in [4.78, 5) is 27.5. The lowest BCUT2D eigenvalue weighted by Gasteiger charge is -2.14. The predicted octanol–water partition coefficient (Wildman–Crippen LogP) is 4.16. The highest BCUT2D eigenvalue weighted by Crippen LogP contribution is 2.35. The van der Waals surface area contributed by atoms with E-state index >= 15 is 0 Å². The molecule has 1 heterocycles. The Balaban J connectivity index is 1.94. The lowest BCUT2D eigenvalue weighted by molar-refractivity contribution is -0.137. The quantitative estimate of drug-likeness (QED) is 0.648. The van der Waals surface area contributed by atoms with Crippen molar-refractivity contribution in [1.82, 2.24) is 9.55 Å². The Morgan fingerprint density at radius 2 is 1.90 bits per heavy atom. The molecule has 0 aliphatic rings. The molecule has 156 valence electrons. The first kappa shape index (κ1) is 20.9. The number of rotatable bonds is 5. The number of carboxylic acid groups (broad SMARTS) is 1. The van der Waals surface area contributed by atoms with E-state index in [9.17, 15) is 22.8 Å². The summed E-state index contributed by atoms with van der Waals surface area (Å²) in [5, 5.41) is 11.4. The van der Waals surface area contributed by atoms with Gasteiger partial charge in [-0.05, 0) is 42.8 Å². The predicted molar refractivity (Wildman–Crippen MR) is 101 cm³/mol. The van der Waals surface area contributed by atoms with Crippen LogP contribution in [-0.4, -0.2) is 33.6 Å². The van der Waals surface area contributed by atoms with Crippen molar-refractivity contribution in [1.29, 1.82) is 0 Å². The van der Waals surface area contributed by atoms with Gasteiger partial charge >= 0.3 is 12.1 Å². The fourth-order valence-electron chi connectivity index (χ4n) is 2.77. The molecule has 0 aliphatic heterocycles. The van der Waals surface area contributed by atoms with Crippen molar-refractivity contribution in [3.63, 3.8) is 0 Å². The largest absolute Gasteiger partial charge is 0.495 e. The van der Waals surface area contributed by atoms with Gasteiger partial charge < -0.3 is 19.7 Å². The highest BCUT2D eigenvalue weighted by atomic mass is 19.4. The van der Waals surface area contributed by atoms with E-state index in [2.05, 4.69) is 10.3 Å². The molecule has 0 spiro atoms. The van der Waals surface area contributed by atoms with E-state index in [0.29, 0.717) is 5.69 Å². The summed E-state index contributed by atoms with van der Waals surface area (Å²) in [6, 6.07) is 7.39. The molecule has 0 fully saturated rings. The van der Waals surface area contributed by atoms with Crippen molar-refractivity contribution in [2.45, 2.75) is 13.1 Å². The van der Waals surface area contributed by atoms with Gasteiger partial charge in [-0.2, -0.15) is 13.2 Å². The molecule has 3 rings (SSSR count). The number of anilines is 1. The molecule has 0 aliphatic carbocycles. The molecule has 2 aromatic carbocycles. The van der Waals surface area contributed by atoms with Gasteiger partial charge in [0.1, 0.15) is 12.1 Å². The molecule has 0 atom stereocenters. The zero-order valence-electron chi connectivity index (χ0n) is 15.8. The zero-order chi connectivity index (χ0) is 22.1. The maximum absolute atomic E-state index is 13.0. The van der Waals surface area contributed by atoms with Gasteiger partial charge in [0.25, 0.3) is 5.91 Å². The number of aromatic carboxylic acids is 1. The number of ether oxygens (including phenoxy) is 1. The zero-order valence-corrected chi connectivity index (χ0v) is 15.8. The molecule has 0 radical (unpaired) electrons. The number of carboxylic acids is 1. The number of alkyl halides is 3. The Hall–Kier alpha value is -3.82. The molecule has 3 aromatic rings. The van der Waals surface area contributed by atoms with Crippen LogP contribution in [-0.2, 0) is 6.18 Å². The summed E-state index contributed by atoms with van der Waals surface area (Å²) in [6.45, 7) is 1.76. The lowest BCUT2D eigenvalue weighted by atomic mass is 10.1. The number of carbonyl (C=O) groups is 2. The second-order valence-corrected chi connectivity index (χ2v) is 6.34. The van der Waals surface area contributed by atoms with E-state index in [1.807, 2.05) is 0 Å². The van der Waals surface area contributed by atoms with Crippen LogP contribution < -0.4 is 10.1 Å². The number of carbonyl (C=O) groups excluding carboxylic acids is 1. The van der Waals surface area contributed by atoms with Crippen LogP contribution in [0.25, 0.3) is 5.69 Å². The van der Waals surface area contributed by atoms with Crippen LogP contribution in [0.1, 0.15) is 32.0 Å². The first-order chi connectivity index (χ1) is 14.1. The smallest absolute Gasteiger partial charge is 0.416 e. The number of nitrogens with one attached hydrogen (secondary N) is 1. The van der Waals surface area contributed by atoms with Gasteiger partial charge in [-0.3, -0.25) is 4.79 Å². The topological polar surface area (TPSA) is 93.5 Å². The monoisotopic (exact) mass is 419 g/mol. The van der Waals surface area contributed by atoms with E-state index < -0.39 is 23.6 Å². The fraction of sp³-hybridized carbons (Fsp3) is 0.150. The number of hydrogen-bond acceptors (Lipinski definition) is 4. The van der Waals surface area contributed by atoms with E-state index in [1.165, 1.54) is 36.3 Å². The number of aryl methyl sites for hydroxylation is 1. The van der Waals surface area contributed by atoms with Gasteiger partial charge in [-0.15, -0.1) is 0 Å². The summed E-state index contributed by atoms with van der Waals surface area (Å²) >= 11 is 0. The summed E-state index contributed by atoms with van der Waals surface area (Å²) < 4.78 is 45.5. The molecular formula is C20H16F3N3O4. The van der Waals surface area contributed by atoms with Gasteiger partial charge in [-0.1, -0.05) is 6.07 Å². The third-order valence-corrected chi connectivity index (χ3v) is 4.33. The van der Waals surface area contributed by atoms with Crippen LogP contribution in [0.4, 0.5) is 18.9 Å². The van der Waals surface area contributed by atoms with Crippen LogP contribution in [0.5, 0.6) is 5.75 Å². The number of amides is 1. The number of aromatic nitrogens is 2. The molecule has 30 heavy (non-hydrogen) atoms. The first-order valence-electron chi connectivity index (χ1n) is 8.55. The van der Waals surface area contributed by atoms with Gasteiger partial charge in [0.05, 0.1) is 24.0 Å². The Morgan fingerprint density at radius 1 is 1.17 bits per heavy atom. The summed E-state index contributed by atoms with van der Waals surface area (Å²) in [5.41, 5.74) is 0.160. The maximum atomic E-state index is 13.0. The van der Waals surface area contributed by atoms with Crippen molar-refractivity contribution in [2.24, 2.45) is 0 Å². The summed E-state index contributed by atoms with van der Waals surface area (Å²) in [7, 11) is 1.28. The second-order valence-electron chi connectivity index (χ2n) is 6.34. The average Bonchev–Trinajstić information content (AvgIpc) is 3.18. The Kier molecular flexibility index (Phi) is 5.50. The third kappa shape index (κ3) is 4.27. The average molecular weight is 419 g/mol. The van der Waals surface area contributed by atoms with Crippen LogP contribution in [0.15, 0.2) is 48.9 Å². The molecule has 2 N–H and O–H groups in total. The second kappa shape index (κ2) is 7.90. The normalized spacial score (nSPS) is 11.2. The molecule has 0 bridgehead atoms. The minimum absolute atomic E-state index is 0.0735. The van der Waals surface area contributed by atoms with Crippen LogP contribution in [0, 0.1) is 6.92 Å². The van der Waals surface area contributed by atoms with Gasteiger partial charge in [0, 0.05) is 11.8 Å². The van der Waals surface area contributed by atoms with Crippen molar-refractivity contribution in [3.8, 4) is 11.4 Å². The van der Waals surface area contributed by atoms with Crippen LogP contribution in [0.3, 0.4) is 0 Å². The van der Waals surface area contributed by atoms with Crippen molar-refractivity contribution < 1.29 is 32.6 Å². The Labute approximate surface area is 168 Å². The molecule has 7 nitrogen and oxygen atoms in total. The first-order valence-corrected chi connectivity index (χ1v) is 8.55. The Morgan fingerprint density at radius 3 is 2.50 bits per heavy atom. The highest BCUT2D eigenvalue weighted by molar-refractivity contribution is 6.05. The van der Waals surface area contributed by atoms with E-state index in [-0.39, 0.29) is 22.7 Å². The molecular weight excluding hydrogens is 403 g/mol. The molecule has 0 saturated carbocycles. The summed E-state index contributed by atoms with van der Waals surface area (Å²) in [6.07, 6.45) is -1.99.